The molecule has 0 radical (unpaired) electrons. The molecule has 2 aromatic rings. The van der Waals surface area contributed by atoms with E-state index in [2.05, 4.69) is 0 Å². The van der Waals surface area contributed by atoms with Crippen molar-refractivity contribution in [1.82, 2.24) is 0 Å². The molecule has 3 nitrogen and oxygen atoms in total. The zero-order valence-electron chi connectivity index (χ0n) is 11.3. The highest BCUT2D eigenvalue weighted by molar-refractivity contribution is 5.45. The third kappa shape index (κ3) is 3.48. The van der Waals surface area contributed by atoms with Gasteiger partial charge in [-0.1, -0.05) is 18.2 Å². The first kappa shape index (κ1) is 13.4. The summed E-state index contributed by atoms with van der Waals surface area (Å²) in [6, 6.07) is 13.8. The Balaban J connectivity index is 2.16. The van der Waals surface area contributed by atoms with Crippen molar-refractivity contribution in [2.45, 2.75) is 13.3 Å². The lowest BCUT2D eigenvalue weighted by atomic mass is 10.1. The lowest BCUT2D eigenvalue weighted by molar-refractivity contribution is 0.378. The summed E-state index contributed by atoms with van der Waals surface area (Å²) in [5.74, 6) is 2.26. The van der Waals surface area contributed by atoms with Crippen molar-refractivity contribution in [1.29, 1.82) is 0 Å². The Morgan fingerprint density at radius 1 is 1.00 bits per heavy atom. The number of nitrogens with two attached hydrogens (primary N) is 1. The van der Waals surface area contributed by atoms with E-state index in [1.807, 2.05) is 49.4 Å². The summed E-state index contributed by atoms with van der Waals surface area (Å²) >= 11 is 0. The fourth-order valence-corrected chi connectivity index (χ4v) is 1.88. The second-order valence-electron chi connectivity index (χ2n) is 4.44. The Labute approximate surface area is 114 Å². The summed E-state index contributed by atoms with van der Waals surface area (Å²) in [7, 11) is 1.64. The molecule has 0 saturated heterocycles. The minimum atomic E-state index is 0.659. The normalized spacial score (nSPS) is 10.3. The van der Waals surface area contributed by atoms with Crippen LogP contribution in [0.4, 0.5) is 0 Å². The summed E-state index contributed by atoms with van der Waals surface area (Å²) in [6.07, 6.45) is 0.883. The molecule has 0 aliphatic rings. The average molecular weight is 257 g/mol. The molecule has 100 valence electrons. The number of hydrogen-bond donors (Lipinski definition) is 1. The van der Waals surface area contributed by atoms with Crippen molar-refractivity contribution in [2.24, 2.45) is 5.73 Å². The molecule has 2 N–H and O–H groups in total. The highest BCUT2D eigenvalue weighted by Gasteiger charge is 2.05. The predicted molar refractivity (Wildman–Crippen MR) is 77.0 cm³/mol. The van der Waals surface area contributed by atoms with Crippen molar-refractivity contribution < 1.29 is 9.47 Å². The van der Waals surface area contributed by atoms with Crippen LogP contribution in [0.5, 0.6) is 17.2 Å². The summed E-state index contributed by atoms with van der Waals surface area (Å²) in [4.78, 5) is 0. The fraction of sp³-hybridized carbons (Fsp3) is 0.250. The molecule has 0 atom stereocenters. The van der Waals surface area contributed by atoms with Gasteiger partial charge in [0.05, 0.1) is 7.11 Å². The molecule has 0 heterocycles. The highest BCUT2D eigenvalue weighted by Crippen LogP contribution is 2.32. The van der Waals surface area contributed by atoms with E-state index in [0.717, 1.165) is 29.2 Å². The average Bonchev–Trinajstić information content (AvgIpc) is 2.43. The molecule has 3 heteroatoms. The van der Waals surface area contributed by atoms with Crippen LogP contribution in [0.25, 0.3) is 0 Å². The second-order valence-corrected chi connectivity index (χ2v) is 4.44. The number of rotatable bonds is 5. The van der Waals surface area contributed by atoms with Gasteiger partial charge in [-0.2, -0.15) is 0 Å². The molecular formula is C16H19NO2. The Morgan fingerprint density at radius 3 is 2.37 bits per heavy atom. The Bertz CT molecular complexity index is 535. The van der Waals surface area contributed by atoms with E-state index in [1.165, 1.54) is 5.56 Å². The van der Waals surface area contributed by atoms with E-state index in [1.54, 1.807) is 7.11 Å². The van der Waals surface area contributed by atoms with E-state index in [4.69, 9.17) is 15.2 Å². The molecule has 0 fully saturated rings. The summed E-state index contributed by atoms with van der Waals surface area (Å²) in [5.41, 5.74) is 7.88. The monoisotopic (exact) mass is 257 g/mol. The van der Waals surface area contributed by atoms with Crippen molar-refractivity contribution in [3.05, 3.63) is 53.6 Å². The second kappa shape index (κ2) is 6.25. The largest absolute Gasteiger partial charge is 0.493 e. The van der Waals surface area contributed by atoms with Crippen LogP contribution in [-0.4, -0.2) is 13.7 Å². The molecule has 0 aromatic heterocycles. The molecule has 19 heavy (non-hydrogen) atoms. The number of hydrogen-bond acceptors (Lipinski definition) is 3. The van der Waals surface area contributed by atoms with Gasteiger partial charge in [0.1, 0.15) is 5.75 Å². The van der Waals surface area contributed by atoms with Crippen LogP contribution in [0.15, 0.2) is 42.5 Å². The Hall–Kier alpha value is -2.00. The SMILES string of the molecule is COc1cc(C)ccc1Oc1ccc(CCN)cc1. The first-order chi connectivity index (χ1) is 9.22. The first-order valence-electron chi connectivity index (χ1n) is 6.34. The molecule has 0 saturated carbocycles. The predicted octanol–water partition coefficient (Wildman–Crippen LogP) is 3.30. The van der Waals surface area contributed by atoms with Gasteiger partial charge in [-0.15, -0.1) is 0 Å². The molecule has 0 unspecified atom stereocenters. The van der Waals surface area contributed by atoms with Gasteiger partial charge < -0.3 is 15.2 Å². The van der Waals surface area contributed by atoms with E-state index in [0.29, 0.717) is 6.54 Å². The number of benzene rings is 2. The molecule has 2 aromatic carbocycles. The molecule has 0 amide bonds. The van der Waals surface area contributed by atoms with Crippen molar-refractivity contribution in [3.8, 4) is 17.2 Å². The summed E-state index contributed by atoms with van der Waals surface area (Å²) in [5, 5.41) is 0. The van der Waals surface area contributed by atoms with Crippen molar-refractivity contribution in [3.63, 3.8) is 0 Å². The van der Waals surface area contributed by atoms with E-state index in [-0.39, 0.29) is 0 Å². The maximum absolute atomic E-state index is 5.83. The first-order valence-corrected chi connectivity index (χ1v) is 6.34. The Kier molecular flexibility index (Phi) is 4.42. The minimum Gasteiger partial charge on any atom is -0.493 e. The molecule has 2 rings (SSSR count). The van der Waals surface area contributed by atoms with Crippen molar-refractivity contribution in [2.75, 3.05) is 13.7 Å². The third-order valence-electron chi connectivity index (χ3n) is 2.90. The standard InChI is InChI=1S/C16H19NO2/c1-12-3-8-15(16(11-12)18-2)19-14-6-4-13(5-7-14)9-10-17/h3-8,11H,9-10,17H2,1-2H3. The number of methoxy groups -OCH3 is 1. The lowest BCUT2D eigenvalue weighted by Crippen LogP contribution is -2.02. The zero-order chi connectivity index (χ0) is 13.7. The van der Waals surface area contributed by atoms with Crippen molar-refractivity contribution >= 4 is 0 Å². The van der Waals surface area contributed by atoms with Crippen LogP contribution >= 0.6 is 0 Å². The molecular weight excluding hydrogens is 238 g/mol. The third-order valence-corrected chi connectivity index (χ3v) is 2.90. The van der Waals surface area contributed by atoms with E-state index >= 15 is 0 Å². The summed E-state index contributed by atoms with van der Waals surface area (Å²) < 4.78 is 11.2. The minimum absolute atomic E-state index is 0.659. The quantitative estimate of drug-likeness (QED) is 0.893. The zero-order valence-corrected chi connectivity index (χ0v) is 11.3. The van der Waals surface area contributed by atoms with Crippen LogP contribution in [-0.2, 0) is 6.42 Å². The molecule has 0 aliphatic heterocycles. The van der Waals surface area contributed by atoms with Gasteiger partial charge in [0.15, 0.2) is 11.5 Å². The van der Waals surface area contributed by atoms with Gasteiger partial charge in [-0.3, -0.25) is 0 Å². The number of aryl methyl sites for hydroxylation is 1. The van der Waals surface area contributed by atoms with Gasteiger partial charge in [-0.25, -0.2) is 0 Å². The smallest absolute Gasteiger partial charge is 0.169 e. The van der Waals surface area contributed by atoms with Gasteiger partial charge in [0.25, 0.3) is 0 Å². The fourth-order valence-electron chi connectivity index (χ4n) is 1.88. The van der Waals surface area contributed by atoms with Crippen LogP contribution in [0.3, 0.4) is 0 Å². The topological polar surface area (TPSA) is 44.5 Å². The Morgan fingerprint density at radius 2 is 1.74 bits per heavy atom. The highest BCUT2D eigenvalue weighted by atomic mass is 16.5. The van der Waals surface area contributed by atoms with Gasteiger partial charge >= 0.3 is 0 Å². The van der Waals surface area contributed by atoms with Gasteiger partial charge in [-0.05, 0) is 55.3 Å². The van der Waals surface area contributed by atoms with Gasteiger partial charge in [0.2, 0.25) is 0 Å². The lowest BCUT2D eigenvalue weighted by Gasteiger charge is -2.11. The van der Waals surface area contributed by atoms with E-state index < -0.39 is 0 Å². The number of ether oxygens (including phenoxy) is 2. The molecule has 0 aliphatic carbocycles. The van der Waals surface area contributed by atoms with Crippen LogP contribution in [0.2, 0.25) is 0 Å². The maximum atomic E-state index is 5.83. The maximum Gasteiger partial charge on any atom is 0.169 e. The molecule has 0 bridgehead atoms. The van der Waals surface area contributed by atoms with Crippen LogP contribution < -0.4 is 15.2 Å². The van der Waals surface area contributed by atoms with E-state index in [9.17, 15) is 0 Å². The van der Waals surface area contributed by atoms with Crippen LogP contribution in [0, 0.1) is 6.92 Å². The summed E-state index contributed by atoms with van der Waals surface area (Å²) in [6.45, 7) is 2.68. The molecule has 0 spiro atoms. The van der Waals surface area contributed by atoms with Crippen LogP contribution in [0.1, 0.15) is 11.1 Å². The van der Waals surface area contributed by atoms with Gasteiger partial charge in [0, 0.05) is 0 Å².